The molecule has 3 amide bonds. The van der Waals surface area contributed by atoms with E-state index in [9.17, 15) is 9.59 Å². The number of carbonyl (C=O) groups is 2. The second kappa shape index (κ2) is 8.87. The number of urea groups is 1. The summed E-state index contributed by atoms with van der Waals surface area (Å²) in [4.78, 5) is 25.5. The smallest absolute Gasteiger partial charge is 0.319 e. The van der Waals surface area contributed by atoms with Crippen molar-refractivity contribution in [2.24, 2.45) is 0 Å². The van der Waals surface area contributed by atoms with E-state index in [4.69, 9.17) is 0 Å². The van der Waals surface area contributed by atoms with E-state index < -0.39 is 0 Å². The third-order valence-electron chi connectivity index (χ3n) is 3.90. The van der Waals surface area contributed by atoms with Gasteiger partial charge in [0.2, 0.25) is 5.91 Å². The highest BCUT2D eigenvalue weighted by Gasteiger charge is 2.12. The molecule has 5 heteroatoms. The second-order valence-corrected chi connectivity index (χ2v) is 6.16. The predicted octanol–water partition coefficient (Wildman–Crippen LogP) is 3.98. The molecule has 5 nitrogen and oxygen atoms in total. The molecule has 0 fully saturated rings. The van der Waals surface area contributed by atoms with Crippen molar-refractivity contribution in [2.45, 2.75) is 26.7 Å². The lowest BCUT2D eigenvalue weighted by molar-refractivity contribution is -0.116. The first-order valence-corrected chi connectivity index (χ1v) is 8.45. The zero-order chi connectivity index (χ0) is 18.2. The SMILES string of the molecule is CC(=O)N(CCNC(=O)Nc1ccccc1)c1ccc(C(C)C)cc1. The third-order valence-corrected chi connectivity index (χ3v) is 3.90. The van der Waals surface area contributed by atoms with E-state index in [1.165, 1.54) is 12.5 Å². The standard InChI is InChI=1S/C20H25N3O2/c1-15(2)17-9-11-19(12-10-17)23(16(3)24)14-13-21-20(25)22-18-7-5-4-6-8-18/h4-12,15H,13-14H2,1-3H3,(H2,21,22,25). The number of benzene rings is 2. The van der Waals surface area contributed by atoms with Crippen LogP contribution >= 0.6 is 0 Å². The average molecular weight is 339 g/mol. The van der Waals surface area contributed by atoms with Crippen LogP contribution in [0.4, 0.5) is 16.2 Å². The highest BCUT2D eigenvalue weighted by molar-refractivity contribution is 5.92. The largest absolute Gasteiger partial charge is 0.336 e. The van der Waals surface area contributed by atoms with Gasteiger partial charge >= 0.3 is 6.03 Å². The summed E-state index contributed by atoms with van der Waals surface area (Å²) in [5, 5.41) is 5.52. The third kappa shape index (κ3) is 5.64. The first-order chi connectivity index (χ1) is 12.0. The molecule has 0 saturated heterocycles. The van der Waals surface area contributed by atoms with E-state index in [2.05, 4.69) is 24.5 Å². The molecule has 0 aliphatic heterocycles. The normalized spacial score (nSPS) is 10.4. The molecule has 0 heterocycles. The number of nitrogens with zero attached hydrogens (tertiary/aromatic N) is 1. The molecule has 0 radical (unpaired) electrons. The number of nitrogens with one attached hydrogen (secondary N) is 2. The minimum absolute atomic E-state index is 0.0532. The molecule has 2 aromatic carbocycles. The fourth-order valence-corrected chi connectivity index (χ4v) is 2.49. The van der Waals surface area contributed by atoms with Crippen molar-refractivity contribution in [2.75, 3.05) is 23.3 Å². The Kier molecular flexibility index (Phi) is 6.57. The van der Waals surface area contributed by atoms with Crippen LogP contribution in [0.2, 0.25) is 0 Å². The van der Waals surface area contributed by atoms with Gasteiger partial charge in [0.25, 0.3) is 0 Å². The lowest BCUT2D eigenvalue weighted by atomic mass is 10.0. The molecule has 0 bridgehead atoms. The maximum absolute atomic E-state index is 11.9. The van der Waals surface area contributed by atoms with Gasteiger partial charge in [0.15, 0.2) is 0 Å². The Labute approximate surface area is 149 Å². The van der Waals surface area contributed by atoms with Crippen LogP contribution in [-0.2, 0) is 4.79 Å². The van der Waals surface area contributed by atoms with Crippen molar-refractivity contribution in [3.8, 4) is 0 Å². The van der Waals surface area contributed by atoms with E-state index >= 15 is 0 Å². The second-order valence-electron chi connectivity index (χ2n) is 6.16. The van der Waals surface area contributed by atoms with Gasteiger partial charge in [-0.3, -0.25) is 4.79 Å². The number of anilines is 2. The summed E-state index contributed by atoms with van der Waals surface area (Å²) in [6.07, 6.45) is 0. The van der Waals surface area contributed by atoms with Crippen LogP contribution in [0.3, 0.4) is 0 Å². The highest BCUT2D eigenvalue weighted by Crippen LogP contribution is 2.20. The van der Waals surface area contributed by atoms with Crippen LogP contribution in [0.1, 0.15) is 32.3 Å². The van der Waals surface area contributed by atoms with E-state index in [1.54, 1.807) is 4.90 Å². The first-order valence-electron chi connectivity index (χ1n) is 8.45. The molecule has 0 atom stereocenters. The van der Waals surface area contributed by atoms with E-state index in [-0.39, 0.29) is 11.9 Å². The number of hydrogen-bond donors (Lipinski definition) is 2. The van der Waals surface area contributed by atoms with Crippen LogP contribution in [0, 0.1) is 0 Å². The Bertz CT molecular complexity index is 697. The Hall–Kier alpha value is -2.82. The Morgan fingerprint density at radius 1 is 1.00 bits per heavy atom. The quantitative estimate of drug-likeness (QED) is 0.836. The van der Waals surface area contributed by atoms with Gasteiger partial charge in [-0.15, -0.1) is 0 Å². The van der Waals surface area contributed by atoms with Gasteiger partial charge in [0.05, 0.1) is 0 Å². The molecule has 0 saturated carbocycles. The molecule has 0 spiro atoms. The fourth-order valence-electron chi connectivity index (χ4n) is 2.49. The van der Waals surface area contributed by atoms with Crippen molar-refractivity contribution < 1.29 is 9.59 Å². The predicted molar refractivity (Wildman–Crippen MR) is 102 cm³/mol. The van der Waals surface area contributed by atoms with Gasteiger partial charge in [-0.05, 0) is 35.7 Å². The summed E-state index contributed by atoms with van der Waals surface area (Å²) >= 11 is 0. The molecule has 0 aliphatic carbocycles. The summed E-state index contributed by atoms with van der Waals surface area (Å²) in [6, 6.07) is 16.9. The van der Waals surface area contributed by atoms with Gasteiger partial charge in [0.1, 0.15) is 0 Å². The molecule has 25 heavy (non-hydrogen) atoms. The van der Waals surface area contributed by atoms with E-state index in [0.29, 0.717) is 19.0 Å². The zero-order valence-corrected chi connectivity index (χ0v) is 15.0. The Morgan fingerprint density at radius 3 is 2.20 bits per heavy atom. The first kappa shape index (κ1) is 18.5. The molecule has 2 N–H and O–H groups in total. The summed E-state index contributed by atoms with van der Waals surface area (Å²) in [5.74, 6) is 0.394. The number of amides is 3. The maximum Gasteiger partial charge on any atom is 0.319 e. The average Bonchev–Trinajstić information content (AvgIpc) is 2.59. The van der Waals surface area contributed by atoms with Crippen molar-refractivity contribution >= 4 is 23.3 Å². The van der Waals surface area contributed by atoms with Gasteiger partial charge in [0, 0.05) is 31.4 Å². The van der Waals surface area contributed by atoms with Gasteiger partial charge in [-0.1, -0.05) is 44.2 Å². The van der Waals surface area contributed by atoms with Crippen molar-refractivity contribution in [1.29, 1.82) is 0 Å². The molecular weight excluding hydrogens is 314 g/mol. The van der Waals surface area contributed by atoms with Crippen LogP contribution in [-0.4, -0.2) is 25.0 Å². The minimum atomic E-state index is -0.287. The molecule has 0 aromatic heterocycles. The van der Waals surface area contributed by atoms with Crippen molar-refractivity contribution in [3.63, 3.8) is 0 Å². The van der Waals surface area contributed by atoms with Crippen molar-refractivity contribution in [1.82, 2.24) is 5.32 Å². The molecular formula is C20H25N3O2. The summed E-state index contributed by atoms with van der Waals surface area (Å²) in [5.41, 5.74) is 2.79. The maximum atomic E-state index is 11.9. The topological polar surface area (TPSA) is 61.4 Å². The number of carbonyl (C=O) groups excluding carboxylic acids is 2. The molecule has 0 aliphatic rings. The summed E-state index contributed by atoms with van der Waals surface area (Å²) in [6.45, 7) is 6.57. The van der Waals surface area contributed by atoms with E-state index in [0.717, 1.165) is 11.4 Å². The summed E-state index contributed by atoms with van der Waals surface area (Å²) < 4.78 is 0. The lowest BCUT2D eigenvalue weighted by Gasteiger charge is -2.22. The van der Waals surface area contributed by atoms with Crippen LogP contribution in [0.15, 0.2) is 54.6 Å². The molecule has 2 rings (SSSR count). The van der Waals surface area contributed by atoms with Gasteiger partial charge in [-0.25, -0.2) is 4.79 Å². The van der Waals surface area contributed by atoms with Crippen LogP contribution in [0.25, 0.3) is 0 Å². The lowest BCUT2D eigenvalue weighted by Crippen LogP contribution is -2.39. The monoisotopic (exact) mass is 339 g/mol. The van der Waals surface area contributed by atoms with Gasteiger partial charge < -0.3 is 15.5 Å². The summed E-state index contributed by atoms with van der Waals surface area (Å²) in [7, 11) is 0. The van der Waals surface area contributed by atoms with Crippen LogP contribution in [0.5, 0.6) is 0 Å². The molecule has 132 valence electrons. The van der Waals surface area contributed by atoms with Crippen LogP contribution < -0.4 is 15.5 Å². The fraction of sp³-hybridized carbons (Fsp3) is 0.300. The number of para-hydroxylation sites is 1. The van der Waals surface area contributed by atoms with E-state index in [1.807, 2.05) is 54.6 Å². The zero-order valence-electron chi connectivity index (χ0n) is 15.0. The minimum Gasteiger partial charge on any atom is -0.336 e. The Morgan fingerprint density at radius 2 is 1.64 bits per heavy atom. The number of rotatable bonds is 6. The molecule has 2 aromatic rings. The highest BCUT2D eigenvalue weighted by atomic mass is 16.2. The number of hydrogen-bond acceptors (Lipinski definition) is 2. The van der Waals surface area contributed by atoms with Crippen molar-refractivity contribution in [3.05, 3.63) is 60.2 Å². The Balaban J connectivity index is 1.89. The van der Waals surface area contributed by atoms with Gasteiger partial charge in [-0.2, -0.15) is 0 Å². The molecule has 0 unspecified atom stereocenters.